The van der Waals surface area contributed by atoms with Gasteiger partial charge < -0.3 is 9.32 Å². The fraction of sp³-hybridized carbons (Fsp3) is 0.200. The molecule has 3 aromatic rings. The SMILES string of the molecule is Cc1ccc2oc(=O)c(C(=O)N3CCc4ccccc4C3)cc2c1. The quantitative estimate of drug-likeness (QED) is 0.647. The van der Waals surface area contributed by atoms with Gasteiger partial charge in [-0.2, -0.15) is 0 Å². The van der Waals surface area contributed by atoms with Crippen molar-refractivity contribution in [3.05, 3.63) is 81.2 Å². The molecule has 0 radical (unpaired) electrons. The minimum absolute atomic E-state index is 0.104. The van der Waals surface area contributed by atoms with Crippen LogP contribution in [0.25, 0.3) is 11.0 Å². The molecule has 1 aliphatic heterocycles. The Morgan fingerprint density at radius 2 is 1.88 bits per heavy atom. The maximum absolute atomic E-state index is 12.8. The Bertz CT molecular complexity index is 1000. The van der Waals surface area contributed by atoms with E-state index < -0.39 is 5.63 Å². The average Bonchev–Trinajstić information content (AvgIpc) is 2.60. The molecule has 0 saturated heterocycles. The maximum atomic E-state index is 12.8. The molecule has 0 bridgehead atoms. The van der Waals surface area contributed by atoms with Crippen LogP contribution in [0.5, 0.6) is 0 Å². The average molecular weight is 319 g/mol. The van der Waals surface area contributed by atoms with E-state index in [1.54, 1.807) is 17.0 Å². The van der Waals surface area contributed by atoms with Crippen molar-refractivity contribution in [3.63, 3.8) is 0 Å². The van der Waals surface area contributed by atoms with Gasteiger partial charge in [0, 0.05) is 18.5 Å². The summed E-state index contributed by atoms with van der Waals surface area (Å²) in [6.07, 6.45) is 0.805. The number of aryl methyl sites for hydroxylation is 1. The number of hydrogen-bond donors (Lipinski definition) is 0. The van der Waals surface area contributed by atoms with Crippen molar-refractivity contribution < 1.29 is 9.21 Å². The fourth-order valence-corrected chi connectivity index (χ4v) is 3.23. The van der Waals surface area contributed by atoms with Crippen LogP contribution in [0.1, 0.15) is 27.0 Å². The summed E-state index contributed by atoms with van der Waals surface area (Å²) in [5.74, 6) is -0.262. The number of nitrogens with zero attached hydrogens (tertiary/aromatic N) is 1. The van der Waals surface area contributed by atoms with Gasteiger partial charge in [-0.15, -0.1) is 0 Å². The molecule has 4 heteroatoms. The van der Waals surface area contributed by atoms with Gasteiger partial charge in [0.05, 0.1) is 0 Å². The van der Waals surface area contributed by atoms with Crippen molar-refractivity contribution in [2.24, 2.45) is 0 Å². The van der Waals surface area contributed by atoms with Crippen LogP contribution in [0.3, 0.4) is 0 Å². The number of benzene rings is 2. The zero-order valence-electron chi connectivity index (χ0n) is 13.4. The third-order valence-corrected chi connectivity index (χ3v) is 4.54. The van der Waals surface area contributed by atoms with Crippen LogP contribution in [0.4, 0.5) is 0 Å². The van der Waals surface area contributed by atoms with E-state index in [1.165, 1.54) is 5.56 Å². The molecule has 4 rings (SSSR count). The Balaban J connectivity index is 1.71. The largest absolute Gasteiger partial charge is 0.422 e. The van der Waals surface area contributed by atoms with Crippen LogP contribution in [0.2, 0.25) is 0 Å². The van der Waals surface area contributed by atoms with E-state index in [4.69, 9.17) is 4.42 Å². The molecule has 1 aliphatic rings. The first kappa shape index (κ1) is 14.7. The second kappa shape index (κ2) is 5.64. The molecule has 0 atom stereocenters. The normalized spacial score (nSPS) is 13.8. The van der Waals surface area contributed by atoms with Crippen molar-refractivity contribution in [1.82, 2.24) is 4.90 Å². The molecular formula is C20H17NO3. The molecule has 2 heterocycles. The Hall–Kier alpha value is -2.88. The highest BCUT2D eigenvalue weighted by Gasteiger charge is 2.24. The van der Waals surface area contributed by atoms with E-state index in [-0.39, 0.29) is 11.5 Å². The van der Waals surface area contributed by atoms with Crippen LogP contribution in [-0.2, 0) is 13.0 Å². The highest BCUT2D eigenvalue weighted by molar-refractivity contribution is 5.96. The first-order chi connectivity index (χ1) is 11.6. The molecule has 120 valence electrons. The van der Waals surface area contributed by atoms with Gasteiger partial charge in [0.1, 0.15) is 11.1 Å². The molecule has 1 aromatic heterocycles. The summed E-state index contributed by atoms with van der Waals surface area (Å²) in [5.41, 5.74) is 3.50. The van der Waals surface area contributed by atoms with Crippen molar-refractivity contribution in [2.45, 2.75) is 19.9 Å². The first-order valence-corrected chi connectivity index (χ1v) is 8.02. The fourth-order valence-electron chi connectivity index (χ4n) is 3.23. The van der Waals surface area contributed by atoms with E-state index in [2.05, 4.69) is 6.07 Å². The Labute approximate surface area is 139 Å². The molecular weight excluding hydrogens is 302 g/mol. The maximum Gasteiger partial charge on any atom is 0.349 e. The number of hydrogen-bond acceptors (Lipinski definition) is 3. The first-order valence-electron chi connectivity index (χ1n) is 8.02. The van der Waals surface area contributed by atoms with Crippen molar-refractivity contribution in [1.29, 1.82) is 0 Å². The summed E-state index contributed by atoms with van der Waals surface area (Å²) in [5, 5.41) is 0.773. The highest BCUT2D eigenvalue weighted by atomic mass is 16.4. The van der Waals surface area contributed by atoms with Gasteiger partial charge in [0.15, 0.2) is 0 Å². The van der Waals surface area contributed by atoms with E-state index in [0.29, 0.717) is 18.7 Å². The van der Waals surface area contributed by atoms with Gasteiger partial charge >= 0.3 is 5.63 Å². The van der Waals surface area contributed by atoms with E-state index >= 15 is 0 Å². The monoisotopic (exact) mass is 319 g/mol. The summed E-state index contributed by atoms with van der Waals surface area (Å²) < 4.78 is 5.33. The molecule has 0 fully saturated rings. The third kappa shape index (κ3) is 2.50. The second-order valence-corrected chi connectivity index (χ2v) is 6.23. The number of amides is 1. The summed E-state index contributed by atoms with van der Waals surface area (Å²) in [6, 6.07) is 15.3. The Morgan fingerprint density at radius 1 is 1.08 bits per heavy atom. The molecule has 0 N–H and O–H groups in total. The summed E-state index contributed by atoms with van der Waals surface area (Å²) in [7, 11) is 0. The summed E-state index contributed by atoms with van der Waals surface area (Å²) in [6.45, 7) is 3.11. The van der Waals surface area contributed by atoms with Gasteiger partial charge in [-0.25, -0.2) is 4.79 Å². The van der Waals surface area contributed by atoms with Crippen molar-refractivity contribution in [2.75, 3.05) is 6.54 Å². The van der Waals surface area contributed by atoms with Gasteiger partial charge in [-0.3, -0.25) is 4.79 Å². The summed E-state index contributed by atoms with van der Waals surface area (Å²) >= 11 is 0. The number of rotatable bonds is 1. The number of carbonyl (C=O) groups is 1. The molecule has 1 amide bonds. The molecule has 24 heavy (non-hydrogen) atoms. The van der Waals surface area contributed by atoms with Crippen molar-refractivity contribution in [3.8, 4) is 0 Å². The van der Waals surface area contributed by atoms with Crippen LogP contribution < -0.4 is 5.63 Å². The molecule has 2 aromatic carbocycles. The van der Waals surface area contributed by atoms with Gasteiger partial charge in [0.2, 0.25) is 0 Å². The predicted octanol–water partition coefficient (Wildman–Crippen LogP) is 3.30. The van der Waals surface area contributed by atoms with Crippen molar-refractivity contribution >= 4 is 16.9 Å². The summed E-state index contributed by atoms with van der Waals surface area (Å²) in [4.78, 5) is 26.8. The smallest absolute Gasteiger partial charge is 0.349 e. The van der Waals surface area contributed by atoms with Crippen LogP contribution in [-0.4, -0.2) is 17.4 Å². The lowest BCUT2D eigenvalue weighted by Gasteiger charge is -2.28. The number of fused-ring (bicyclic) bond motifs is 2. The third-order valence-electron chi connectivity index (χ3n) is 4.54. The van der Waals surface area contributed by atoms with Gasteiger partial charge in [0.25, 0.3) is 5.91 Å². The van der Waals surface area contributed by atoms with Crippen LogP contribution >= 0.6 is 0 Å². The molecule has 0 unspecified atom stereocenters. The zero-order chi connectivity index (χ0) is 16.7. The standard InChI is InChI=1S/C20H17NO3/c1-13-6-7-18-16(10-13)11-17(20(23)24-18)19(22)21-9-8-14-4-2-3-5-15(14)12-21/h2-7,10-11H,8-9,12H2,1H3. The minimum Gasteiger partial charge on any atom is -0.422 e. The van der Waals surface area contributed by atoms with Gasteiger partial charge in [-0.1, -0.05) is 35.9 Å². The minimum atomic E-state index is -0.574. The molecule has 0 spiro atoms. The zero-order valence-corrected chi connectivity index (χ0v) is 13.4. The van der Waals surface area contributed by atoms with Crippen LogP contribution in [0.15, 0.2) is 57.7 Å². The van der Waals surface area contributed by atoms with Crippen LogP contribution in [0, 0.1) is 6.92 Å². The van der Waals surface area contributed by atoms with E-state index in [0.717, 1.165) is 22.9 Å². The highest BCUT2D eigenvalue weighted by Crippen LogP contribution is 2.21. The lowest BCUT2D eigenvalue weighted by molar-refractivity contribution is 0.0730. The second-order valence-electron chi connectivity index (χ2n) is 6.23. The van der Waals surface area contributed by atoms with E-state index in [9.17, 15) is 9.59 Å². The lowest BCUT2D eigenvalue weighted by Crippen LogP contribution is -2.38. The lowest BCUT2D eigenvalue weighted by atomic mass is 9.99. The van der Waals surface area contributed by atoms with E-state index in [1.807, 2.05) is 37.3 Å². The Kier molecular flexibility index (Phi) is 3.45. The van der Waals surface area contributed by atoms with Gasteiger partial charge in [-0.05, 0) is 42.7 Å². The Morgan fingerprint density at radius 3 is 2.71 bits per heavy atom. The molecule has 0 saturated carbocycles. The molecule has 0 aliphatic carbocycles. The predicted molar refractivity (Wildman–Crippen MR) is 92.1 cm³/mol. The topological polar surface area (TPSA) is 50.5 Å². The molecule has 4 nitrogen and oxygen atoms in total. The number of carbonyl (C=O) groups excluding carboxylic acids is 1.